The Hall–Kier alpha value is -2.66. The third kappa shape index (κ3) is 4.40. The summed E-state index contributed by atoms with van der Waals surface area (Å²) in [5.41, 5.74) is 9.32. The molecule has 23 heavy (non-hydrogen) atoms. The summed E-state index contributed by atoms with van der Waals surface area (Å²) in [6.45, 7) is 0. The topological polar surface area (TPSA) is 58.0 Å². The van der Waals surface area contributed by atoms with Crippen LogP contribution in [0.3, 0.4) is 0 Å². The van der Waals surface area contributed by atoms with Crippen molar-refractivity contribution < 1.29 is 17.9 Å². The van der Waals surface area contributed by atoms with Crippen molar-refractivity contribution in [2.75, 3.05) is 7.11 Å². The lowest BCUT2D eigenvalue weighted by molar-refractivity contribution is -0.137. The second kappa shape index (κ2) is 7.07. The van der Waals surface area contributed by atoms with Crippen molar-refractivity contribution in [1.29, 1.82) is 0 Å². The van der Waals surface area contributed by atoms with Crippen molar-refractivity contribution in [3.8, 4) is 5.75 Å². The van der Waals surface area contributed by atoms with E-state index in [4.69, 9.17) is 10.3 Å². The first-order chi connectivity index (χ1) is 10.9. The Morgan fingerprint density at radius 1 is 1.09 bits per heavy atom. The largest absolute Gasteiger partial charge is 0.497 e. The molecule has 0 atom stereocenters. The number of rotatable bonds is 5. The highest BCUT2D eigenvalue weighted by Crippen LogP contribution is 2.33. The molecular formula is C16H14F3N3O. The normalized spacial score (nSPS) is 11.0. The standard InChI is InChI=1S/C16H14F3N3O/c1-23-14-8-3-11(4-9-14)2-5-12-6-7-13(16(17,18)19)10-15(12)21-22-20/h3-4,6-10H,2,5H2,1H3. The maximum atomic E-state index is 12.7. The van der Waals surface area contributed by atoms with Gasteiger partial charge in [-0.3, -0.25) is 0 Å². The zero-order valence-electron chi connectivity index (χ0n) is 12.3. The number of methoxy groups -OCH3 is 1. The maximum absolute atomic E-state index is 12.7. The molecule has 2 aromatic rings. The Balaban J connectivity index is 2.19. The van der Waals surface area contributed by atoms with E-state index in [2.05, 4.69) is 10.0 Å². The molecular weight excluding hydrogens is 307 g/mol. The predicted molar refractivity (Wildman–Crippen MR) is 80.7 cm³/mol. The summed E-state index contributed by atoms with van der Waals surface area (Å²) in [6, 6.07) is 10.6. The summed E-state index contributed by atoms with van der Waals surface area (Å²) < 4.78 is 43.2. The van der Waals surface area contributed by atoms with Crippen molar-refractivity contribution in [3.63, 3.8) is 0 Å². The molecule has 0 N–H and O–H groups in total. The lowest BCUT2D eigenvalue weighted by Gasteiger charge is -2.11. The maximum Gasteiger partial charge on any atom is 0.416 e. The second-order valence-corrected chi connectivity index (χ2v) is 4.88. The minimum atomic E-state index is -4.46. The van der Waals surface area contributed by atoms with Crippen molar-refractivity contribution in [2.24, 2.45) is 5.11 Å². The van der Waals surface area contributed by atoms with Gasteiger partial charge in [0.05, 0.1) is 12.7 Å². The molecule has 0 saturated heterocycles. The molecule has 0 unspecified atom stereocenters. The van der Waals surface area contributed by atoms with Gasteiger partial charge in [-0.05, 0) is 53.8 Å². The minimum Gasteiger partial charge on any atom is -0.497 e. The van der Waals surface area contributed by atoms with Crippen LogP contribution in [0.25, 0.3) is 10.4 Å². The first-order valence-electron chi connectivity index (χ1n) is 6.82. The van der Waals surface area contributed by atoms with Crippen molar-refractivity contribution in [3.05, 3.63) is 69.6 Å². The van der Waals surface area contributed by atoms with Gasteiger partial charge in [-0.15, -0.1) is 0 Å². The number of ether oxygens (including phenoxy) is 1. The van der Waals surface area contributed by atoms with E-state index >= 15 is 0 Å². The molecule has 0 aliphatic heterocycles. The average molecular weight is 321 g/mol. The van der Waals surface area contributed by atoms with Crippen LogP contribution in [0.15, 0.2) is 47.6 Å². The van der Waals surface area contributed by atoms with E-state index in [1.54, 1.807) is 7.11 Å². The Labute approximate surface area is 131 Å². The number of alkyl halides is 3. The van der Waals surface area contributed by atoms with Gasteiger partial charge in [0.25, 0.3) is 0 Å². The highest BCUT2D eigenvalue weighted by molar-refractivity contribution is 5.49. The zero-order valence-corrected chi connectivity index (χ0v) is 12.3. The van der Waals surface area contributed by atoms with E-state index in [1.807, 2.05) is 24.3 Å². The number of hydrogen-bond acceptors (Lipinski definition) is 2. The van der Waals surface area contributed by atoms with Gasteiger partial charge in [0, 0.05) is 10.6 Å². The number of nitrogens with zero attached hydrogens (tertiary/aromatic N) is 3. The minimum absolute atomic E-state index is 0.0100. The fourth-order valence-electron chi connectivity index (χ4n) is 2.16. The molecule has 0 spiro atoms. The Kier molecular flexibility index (Phi) is 5.13. The molecule has 0 bridgehead atoms. The highest BCUT2D eigenvalue weighted by atomic mass is 19.4. The number of azide groups is 1. The molecule has 0 saturated carbocycles. The van der Waals surface area contributed by atoms with Crippen LogP contribution in [-0.2, 0) is 19.0 Å². The Morgan fingerprint density at radius 3 is 2.35 bits per heavy atom. The van der Waals surface area contributed by atoms with E-state index in [9.17, 15) is 13.2 Å². The molecule has 0 aliphatic carbocycles. The van der Waals surface area contributed by atoms with E-state index < -0.39 is 11.7 Å². The summed E-state index contributed by atoms with van der Waals surface area (Å²) >= 11 is 0. The molecule has 2 aromatic carbocycles. The van der Waals surface area contributed by atoms with Crippen LogP contribution in [0.4, 0.5) is 18.9 Å². The van der Waals surface area contributed by atoms with Crippen LogP contribution < -0.4 is 4.74 Å². The van der Waals surface area contributed by atoms with Crippen molar-refractivity contribution in [1.82, 2.24) is 0 Å². The average Bonchev–Trinajstić information content (AvgIpc) is 2.53. The summed E-state index contributed by atoms with van der Waals surface area (Å²) in [6.07, 6.45) is -3.38. The molecule has 0 aromatic heterocycles. The van der Waals surface area contributed by atoms with Gasteiger partial charge in [0.2, 0.25) is 0 Å². The summed E-state index contributed by atoms with van der Waals surface area (Å²) in [5, 5.41) is 3.38. The van der Waals surface area contributed by atoms with Crippen LogP contribution in [0.1, 0.15) is 16.7 Å². The van der Waals surface area contributed by atoms with Crippen LogP contribution in [0, 0.1) is 0 Å². The Morgan fingerprint density at radius 2 is 1.78 bits per heavy atom. The van der Waals surface area contributed by atoms with Gasteiger partial charge in [0.15, 0.2) is 0 Å². The fourth-order valence-corrected chi connectivity index (χ4v) is 2.16. The third-order valence-corrected chi connectivity index (χ3v) is 3.41. The van der Waals surface area contributed by atoms with E-state index in [0.717, 1.165) is 23.4 Å². The summed E-state index contributed by atoms with van der Waals surface area (Å²) in [7, 11) is 1.57. The van der Waals surface area contributed by atoms with E-state index in [-0.39, 0.29) is 5.69 Å². The smallest absolute Gasteiger partial charge is 0.416 e. The third-order valence-electron chi connectivity index (χ3n) is 3.41. The lowest BCUT2D eigenvalue weighted by atomic mass is 10.0. The van der Waals surface area contributed by atoms with Crippen molar-refractivity contribution >= 4 is 5.69 Å². The molecule has 7 heteroatoms. The van der Waals surface area contributed by atoms with Crippen LogP contribution in [0.5, 0.6) is 5.75 Å². The molecule has 0 radical (unpaired) electrons. The van der Waals surface area contributed by atoms with E-state index in [0.29, 0.717) is 18.4 Å². The molecule has 0 aliphatic rings. The molecule has 4 nitrogen and oxygen atoms in total. The van der Waals surface area contributed by atoms with Gasteiger partial charge < -0.3 is 4.74 Å². The Bertz CT molecular complexity index is 720. The van der Waals surface area contributed by atoms with Gasteiger partial charge in [0.1, 0.15) is 5.75 Å². The fraction of sp³-hybridized carbons (Fsp3) is 0.250. The zero-order chi connectivity index (χ0) is 16.9. The summed E-state index contributed by atoms with van der Waals surface area (Å²) in [5.74, 6) is 0.734. The van der Waals surface area contributed by atoms with Gasteiger partial charge in [-0.2, -0.15) is 13.2 Å². The quantitative estimate of drug-likeness (QED) is 0.411. The van der Waals surface area contributed by atoms with Gasteiger partial charge in [-0.25, -0.2) is 0 Å². The first kappa shape index (κ1) is 16.7. The number of hydrogen-bond donors (Lipinski definition) is 0. The molecule has 2 rings (SSSR count). The van der Waals surface area contributed by atoms with Crippen LogP contribution in [-0.4, -0.2) is 7.11 Å². The molecule has 120 valence electrons. The van der Waals surface area contributed by atoms with Crippen LogP contribution in [0.2, 0.25) is 0 Å². The number of aryl methyl sites for hydroxylation is 2. The SMILES string of the molecule is COc1ccc(CCc2ccc(C(F)(F)F)cc2N=[N+]=[N-])cc1. The van der Waals surface area contributed by atoms with Gasteiger partial charge in [-0.1, -0.05) is 23.3 Å². The first-order valence-corrected chi connectivity index (χ1v) is 6.82. The van der Waals surface area contributed by atoms with E-state index in [1.165, 1.54) is 6.07 Å². The van der Waals surface area contributed by atoms with Crippen LogP contribution >= 0.6 is 0 Å². The molecule has 0 heterocycles. The predicted octanol–water partition coefficient (Wildman–Crippen LogP) is 5.44. The number of halogens is 3. The van der Waals surface area contributed by atoms with Gasteiger partial charge >= 0.3 is 6.18 Å². The lowest BCUT2D eigenvalue weighted by Crippen LogP contribution is -2.05. The molecule has 0 fully saturated rings. The molecule has 0 amide bonds. The second-order valence-electron chi connectivity index (χ2n) is 4.88. The highest BCUT2D eigenvalue weighted by Gasteiger charge is 2.30. The number of benzene rings is 2. The monoisotopic (exact) mass is 321 g/mol. The summed E-state index contributed by atoms with van der Waals surface area (Å²) in [4.78, 5) is 2.61. The van der Waals surface area contributed by atoms with Crippen molar-refractivity contribution in [2.45, 2.75) is 19.0 Å².